The summed E-state index contributed by atoms with van der Waals surface area (Å²) in [4.78, 5) is 33.7. The summed E-state index contributed by atoms with van der Waals surface area (Å²) in [5, 5.41) is 0. The predicted molar refractivity (Wildman–Crippen MR) is 147 cm³/mol. The van der Waals surface area contributed by atoms with Crippen molar-refractivity contribution in [2.45, 2.75) is 44.7 Å². The van der Waals surface area contributed by atoms with Crippen LogP contribution >= 0.6 is 12.4 Å². The second-order valence-corrected chi connectivity index (χ2v) is 9.95. The Hall–Kier alpha value is -3.86. The Balaban J connectivity index is 0.00000484. The molecule has 2 heterocycles. The number of rotatable bonds is 5. The lowest BCUT2D eigenvalue weighted by Gasteiger charge is -2.48. The number of carbonyl (C=O) groups is 2. The first-order chi connectivity index (χ1) is 19.2. The fraction of sp³-hybridized carbons (Fsp3) is 0.300. The summed E-state index contributed by atoms with van der Waals surface area (Å²) in [6.45, 7) is 7.23. The van der Waals surface area contributed by atoms with Crippen molar-refractivity contribution in [1.82, 2.24) is 14.8 Å². The highest BCUT2D eigenvalue weighted by Crippen LogP contribution is 2.38. The fourth-order valence-electron chi connectivity index (χ4n) is 5.11. The van der Waals surface area contributed by atoms with Crippen LogP contribution in [0.25, 0.3) is 0 Å². The molecule has 2 amide bonds. The molecule has 0 spiro atoms. The van der Waals surface area contributed by atoms with Crippen molar-refractivity contribution in [2.24, 2.45) is 0 Å². The zero-order valence-electron chi connectivity index (χ0n) is 22.7. The standard InChI is InChI=1S/C30H27F6N3O2.ClH/c1-4-26(40)39-11-10-38(28(41)22-14-23(29(31,32)33)16-24(15-22)30(34,35)36)25(27(39)21-6-5-9-37-17-21)13-20-8-7-18(2)19(3)12-20;/h4-9,12,14-17,25,27H,1,10-11,13H2,2-3H3;1H. The number of benzene rings is 2. The topological polar surface area (TPSA) is 53.5 Å². The molecule has 5 nitrogen and oxygen atoms in total. The van der Waals surface area contributed by atoms with Crippen LogP contribution < -0.4 is 0 Å². The third-order valence-corrected chi connectivity index (χ3v) is 7.28. The van der Waals surface area contributed by atoms with Gasteiger partial charge in [0.25, 0.3) is 5.91 Å². The number of halogens is 7. The predicted octanol–water partition coefficient (Wildman–Crippen LogP) is 6.98. The Morgan fingerprint density at radius 1 is 0.929 bits per heavy atom. The Labute approximate surface area is 245 Å². The minimum absolute atomic E-state index is 0. The largest absolute Gasteiger partial charge is 0.416 e. The van der Waals surface area contributed by atoms with E-state index in [9.17, 15) is 35.9 Å². The number of nitrogens with zero attached hydrogens (tertiary/aromatic N) is 3. The third-order valence-electron chi connectivity index (χ3n) is 7.28. The summed E-state index contributed by atoms with van der Waals surface area (Å²) in [7, 11) is 0. The van der Waals surface area contributed by atoms with Gasteiger partial charge in [0.2, 0.25) is 5.91 Å². The normalized spacial score (nSPS) is 17.4. The van der Waals surface area contributed by atoms with Crippen molar-refractivity contribution in [3.8, 4) is 0 Å². The van der Waals surface area contributed by atoms with E-state index >= 15 is 0 Å². The number of alkyl halides is 6. The molecule has 0 saturated carbocycles. The molecular weight excluding hydrogens is 584 g/mol. The van der Waals surface area contributed by atoms with E-state index in [1.165, 1.54) is 22.2 Å². The molecule has 1 aromatic heterocycles. The van der Waals surface area contributed by atoms with Gasteiger partial charge in [-0.2, -0.15) is 26.3 Å². The molecule has 1 saturated heterocycles. The molecule has 12 heteroatoms. The highest BCUT2D eigenvalue weighted by atomic mass is 35.5. The summed E-state index contributed by atoms with van der Waals surface area (Å²) >= 11 is 0. The molecule has 1 aliphatic heterocycles. The van der Waals surface area contributed by atoms with Gasteiger partial charge in [0.1, 0.15) is 0 Å². The van der Waals surface area contributed by atoms with Gasteiger partial charge >= 0.3 is 12.4 Å². The Morgan fingerprint density at radius 3 is 2.07 bits per heavy atom. The zero-order valence-corrected chi connectivity index (χ0v) is 23.5. The maximum atomic E-state index is 13.9. The lowest BCUT2D eigenvalue weighted by Crippen LogP contribution is -2.58. The van der Waals surface area contributed by atoms with E-state index in [1.807, 2.05) is 32.0 Å². The zero-order chi connectivity index (χ0) is 30.1. The number of carbonyl (C=O) groups excluding carboxylic acids is 2. The number of pyridine rings is 1. The Kier molecular flexibility index (Phi) is 9.77. The molecule has 4 rings (SSSR count). The van der Waals surface area contributed by atoms with Crippen LogP contribution in [-0.4, -0.2) is 45.7 Å². The number of piperazine rings is 1. The number of aromatic nitrogens is 1. The number of hydrogen-bond donors (Lipinski definition) is 0. The van der Waals surface area contributed by atoms with E-state index in [0.29, 0.717) is 17.7 Å². The van der Waals surface area contributed by atoms with Crippen molar-refractivity contribution in [3.05, 3.63) is 113 Å². The molecule has 224 valence electrons. The first-order valence-electron chi connectivity index (χ1n) is 12.7. The molecule has 1 aliphatic rings. The van der Waals surface area contributed by atoms with E-state index in [0.717, 1.165) is 22.8 Å². The van der Waals surface area contributed by atoms with Gasteiger partial charge < -0.3 is 9.80 Å². The quantitative estimate of drug-likeness (QED) is 0.231. The summed E-state index contributed by atoms with van der Waals surface area (Å²) < 4.78 is 81.5. The van der Waals surface area contributed by atoms with Gasteiger partial charge in [0.15, 0.2) is 0 Å². The van der Waals surface area contributed by atoms with Gasteiger partial charge in [-0.1, -0.05) is 30.8 Å². The molecule has 0 bridgehead atoms. The van der Waals surface area contributed by atoms with E-state index in [2.05, 4.69) is 11.6 Å². The fourth-order valence-corrected chi connectivity index (χ4v) is 5.11. The second kappa shape index (κ2) is 12.6. The van der Waals surface area contributed by atoms with E-state index in [4.69, 9.17) is 0 Å². The van der Waals surface area contributed by atoms with Gasteiger partial charge in [-0.3, -0.25) is 14.6 Å². The second-order valence-electron chi connectivity index (χ2n) is 9.95. The van der Waals surface area contributed by atoms with Crippen molar-refractivity contribution in [1.29, 1.82) is 0 Å². The summed E-state index contributed by atoms with van der Waals surface area (Å²) in [6.07, 6.45) is -5.89. The van der Waals surface area contributed by atoms with Crippen molar-refractivity contribution in [3.63, 3.8) is 0 Å². The van der Waals surface area contributed by atoms with E-state index in [1.54, 1.807) is 12.1 Å². The average Bonchev–Trinajstić information content (AvgIpc) is 2.93. The molecule has 0 radical (unpaired) electrons. The molecule has 2 unspecified atom stereocenters. The average molecular weight is 612 g/mol. The van der Waals surface area contributed by atoms with Gasteiger partial charge in [0, 0.05) is 31.0 Å². The Morgan fingerprint density at radius 2 is 1.55 bits per heavy atom. The summed E-state index contributed by atoms with van der Waals surface area (Å²) in [5.41, 5.74) is -0.601. The minimum atomic E-state index is -5.11. The van der Waals surface area contributed by atoms with Crippen molar-refractivity contribution >= 4 is 24.2 Å². The molecule has 2 aromatic carbocycles. The van der Waals surface area contributed by atoms with Crippen LogP contribution in [0.5, 0.6) is 0 Å². The first kappa shape index (κ1) is 32.7. The van der Waals surface area contributed by atoms with Crippen LogP contribution in [-0.2, 0) is 23.6 Å². The molecule has 1 fully saturated rings. The number of hydrogen-bond acceptors (Lipinski definition) is 3. The Bertz CT molecular complexity index is 1430. The van der Waals surface area contributed by atoms with Crippen LogP contribution in [0, 0.1) is 13.8 Å². The van der Waals surface area contributed by atoms with Crippen LogP contribution in [0.15, 0.2) is 73.6 Å². The van der Waals surface area contributed by atoms with Gasteiger partial charge in [0.05, 0.1) is 23.2 Å². The van der Waals surface area contributed by atoms with Gasteiger partial charge in [-0.25, -0.2) is 0 Å². The lowest BCUT2D eigenvalue weighted by atomic mass is 9.88. The van der Waals surface area contributed by atoms with Crippen LogP contribution in [0.3, 0.4) is 0 Å². The maximum absolute atomic E-state index is 13.9. The lowest BCUT2D eigenvalue weighted by molar-refractivity contribution is -0.143. The molecule has 3 aromatic rings. The van der Waals surface area contributed by atoms with E-state index < -0.39 is 52.9 Å². The molecular formula is C30H28ClF6N3O2. The SMILES string of the molecule is C=CC(=O)N1CCN(C(=O)c2cc(C(F)(F)F)cc(C(F)(F)F)c2)C(Cc2ccc(C)c(C)c2)C1c1cccnc1.Cl. The molecule has 0 aliphatic carbocycles. The number of amides is 2. The van der Waals surface area contributed by atoms with E-state index in [-0.39, 0.29) is 38.0 Å². The molecule has 42 heavy (non-hydrogen) atoms. The highest BCUT2D eigenvalue weighted by Gasteiger charge is 2.43. The molecule has 0 N–H and O–H groups in total. The van der Waals surface area contributed by atoms with Crippen LogP contribution in [0.4, 0.5) is 26.3 Å². The third kappa shape index (κ3) is 6.95. The van der Waals surface area contributed by atoms with Gasteiger partial charge in [-0.05, 0) is 72.9 Å². The summed E-state index contributed by atoms with van der Waals surface area (Å²) in [5.74, 6) is -1.44. The summed E-state index contributed by atoms with van der Waals surface area (Å²) in [6, 6.07) is 8.17. The number of aryl methyl sites for hydroxylation is 2. The monoisotopic (exact) mass is 611 g/mol. The minimum Gasteiger partial charge on any atom is -0.331 e. The maximum Gasteiger partial charge on any atom is 0.416 e. The first-order valence-corrected chi connectivity index (χ1v) is 12.7. The van der Waals surface area contributed by atoms with Crippen molar-refractivity contribution in [2.75, 3.05) is 13.1 Å². The smallest absolute Gasteiger partial charge is 0.331 e. The highest BCUT2D eigenvalue weighted by molar-refractivity contribution is 5.95. The van der Waals surface area contributed by atoms with Crippen LogP contribution in [0.2, 0.25) is 0 Å². The molecule has 2 atom stereocenters. The van der Waals surface area contributed by atoms with Crippen molar-refractivity contribution < 1.29 is 35.9 Å². The van der Waals surface area contributed by atoms with Gasteiger partial charge in [-0.15, -0.1) is 12.4 Å². The van der Waals surface area contributed by atoms with Crippen LogP contribution in [0.1, 0.15) is 49.8 Å².